The van der Waals surface area contributed by atoms with Crippen LogP contribution in [-0.2, 0) is 9.59 Å². The van der Waals surface area contributed by atoms with E-state index in [0.717, 1.165) is 0 Å². The zero-order chi connectivity index (χ0) is 13.0. The van der Waals surface area contributed by atoms with Crippen LogP contribution >= 0.6 is 0 Å². The van der Waals surface area contributed by atoms with E-state index in [-0.39, 0.29) is 41.3 Å². The highest BCUT2D eigenvalue weighted by Crippen LogP contribution is 2.65. The summed E-state index contributed by atoms with van der Waals surface area (Å²) < 4.78 is 0. The fourth-order valence-electron chi connectivity index (χ4n) is 3.17. The van der Waals surface area contributed by atoms with Crippen molar-refractivity contribution in [2.24, 2.45) is 10.8 Å². The second-order valence-corrected chi connectivity index (χ2v) is 6.34. The third kappa shape index (κ3) is 1.57. The first-order valence-corrected chi connectivity index (χ1v) is 6.33. The molecule has 1 unspecified atom stereocenters. The van der Waals surface area contributed by atoms with Crippen molar-refractivity contribution < 1.29 is 9.59 Å². The molecule has 2 fully saturated rings. The molecule has 1 saturated carbocycles. The third-order valence-electron chi connectivity index (χ3n) is 4.89. The normalized spacial score (nSPS) is 31.4. The second kappa shape index (κ2) is 3.47. The van der Waals surface area contributed by atoms with Crippen molar-refractivity contribution >= 4 is 11.8 Å². The lowest BCUT2D eigenvalue weighted by Crippen LogP contribution is -2.59. The summed E-state index contributed by atoms with van der Waals surface area (Å²) >= 11 is 0. The molecule has 17 heavy (non-hydrogen) atoms. The first-order valence-electron chi connectivity index (χ1n) is 6.33. The summed E-state index contributed by atoms with van der Waals surface area (Å²) in [7, 11) is 0. The average Bonchev–Trinajstić information content (AvgIpc) is 2.61. The van der Waals surface area contributed by atoms with Crippen LogP contribution in [0.15, 0.2) is 0 Å². The molecule has 1 saturated heterocycles. The number of carbonyl (C=O) groups is 2. The molecule has 2 aliphatic rings. The Morgan fingerprint density at radius 3 is 2.18 bits per heavy atom. The predicted molar refractivity (Wildman–Crippen MR) is 65.3 cm³/mol. The van der Waals surface area contributed by atoms with Gasteiger partial charge in [0.25, 0.3) is 0 Å². The van der Waals surface area contributed by atoms with E-state index >= 15 is 0 Å². The molecule has 0 radical (unpaired) electrons. The summed E-state index contributed by atoms with van der Waals surface area (Å²) in [6.07, 6.45) is 0.661. The number of rotatable bonds is 2. The number of nitrogens with zero attached hydrogens (tertiary/aromatic N) is 1. The Balaban J connectivity index is 2.22. The highest BCUT2D eigenvalue weighted by atomic mass is 16.2. The number of hydrogen-bond acceptors (Lipinski definition) is 2. The zero-order valence-corrected chi connectivity index (χ0v) is 11.3. The van der Waals surface area contributed by atoms with Crippen LogP contribution in [0.1, 0.15) is 41.0 Å². The molecular formula is C13H22N2O2. The molecule has 2 rings (SSSR count). The third-order valence-corrected chi connectivity index (χ3v) is 4.89. The molecule has 0 spiro atoms. The summed E-state index contributed by atoms with van der Waals surface area (Å²) in [4.78, 5) is 25.7. The summed E-state index contributed by atoms with van der Waals surface area (Å²) in [6, 6.07) is -0.147. The minimum atomic E-state index is -0.330. The summed E-state index contributed by atoms with van der Waals surface area (Å²) in [5.74, 6) is 0.0469. The van der Waals surface area contributed by atoms with E-state index in [1.807, 2.05) is 6.92 Å². The van der Waals surface area contributed by atoms with E-state index in [9.17, 15) is 9.59 Å². The van der Waals surface area contributed by atoms with E-state index in [2.05, 4.69) is 33.0 Å². The largest absolute Gasteiger partial charge is 0.343 e. The van der Waals surface area contributed by atoms with Gasteiger partial charge in [-0.05, 0) is 17.3 Å². The molecular weight excluding hydrogens is 216 g/mol. The van der Waals surface area contributed by atoms with Gasteiger partial charge < -0.3 is 10.2 Å². The molecule has 1 aliphatic heterocycles. The van der Waals surface area contributed by atoms with Crippen LogP contribution in [0.3, 0.4) is 0 Å². The quantitative estimate of drug-likeness (QED) is 0.784. The number of piperazine rings is 1. The van der Waals surface area contributed by atoms with Crippen LogP contribution in [-0.4, -0.2) is 35.3 Å². The lowest BCUT2D eigenvalue weighted by atomic mass is 10.0. The van der Waals surface area contributed by atoms with Gasteiger partial charge in [-0.2, -0.15) is 0 Å². The predicted octanol–water partition coefficient (Wildman–Crippen LogP) is 1.16. The molecule has 4 nitrogen and oxygen atoms in total. The van der Waals surface area contributed by atoms with Crippen molar-refractivity contribution in [1.29, 1.82) is 0 Å². The van der Waals surface area contributed by atoms with Gasteiger partial charge in [0.05, 0.1) is 6.54 Å². The Bertz CT molecular complexity index is 360. The first kappa shape index (κ1) is 12.4. The van der Waals surface area contributed by atoms with Crippen LogP contribution in [0.4, 0.5) is 0 Å². The standard InChI is InChI=1S/C13H22N2O2/c1-6-8-10(17)15(7-9(16)14-8)11-12(2,3)13(11,4)5/h8,11H,6-7H2,1-5H3,(H,14,16). The second-order valence-electron chi connectivity index (χ2n) is 6.34. The molecule has 1 N–H and O–H groups in total. The Morgan fingerprint density at radius 2 is 1.76 bits per heavy atom. The molecule has 0 aromatic heterocycles. The van der Waals surface area contributed by atoms with Crippen molar-refractivity contribution in [2.75, 3.05) is 6.54 Å². The Labute approximate surface area is 103 Å². The molecule has 0 aromatic carbocycles. The maximum absolute atomic E-state index is 12.3. The Kier molecular flexibility index (Phi) is 2.53. The lowest BCUT2D eigenvalue weighted by molar-refractivity contribution is -0.145. The Morgan fingerprint density at radius 1 is 1.24 bits per heavy atom. The smallest absolute Gasteiger partial charge is 0.245 e. The van der Waals surface area contributed by atoms with Gasteiger partial charge >= 0.3 is 0 Å². The molecule has 96 valence electrons. The van der Waals surface area contributed by atoms with Crippen LogP contribution in [0.25, 0.3) is 0 Å². The van der Waals surface area contributed by atoms with E-state index in [1.54, 1.807) is 4.90 Å². The van der Waals surface area contributed by atoms with E-state index < -0.39 is 0 Å². The van der Waals surface area contributed by atoms with Crippen molar-refractivity contribution in [1.82, 2.24) is 10.2 Å². The van der Waals surface area contributed by atoms with E-state index in [1.165, 1.54) is 0 Å². The minimum Gasteiger partial charge on any atom is -0.343 e. The molecule has 1 atom stereocenters. The number of hydrogen-bond donors (Lipinski definition) is 1. The lowest BCUT2D eigenvalue weighted by Gasteiger charge is -2.33. The molecule has 1 heterocycles. The van der Waals surface area contributed by atoms with Crippen molar-refractivity contribution in [2.45, 2.75) is 53.1 Å². The SMILES string of the molecule is CCC1NC(=O)CN(C2C(C)(C)C2(C)C)C1=O. The summed E-state index contributed by atoms with van der Waals surface area (Å²) in [5.41, 5.74) is 0.192. The zero-order valence-electron chi connectivity index (χ0n) is 11.3. The van der Waals surface area contributed by atoms with Crippen LogP contribution < -0.4 is 5.32 Å². The van der Waals surface area contributed by atoms with Gasteiger partial charge in [-0.1, -0.05) is 34.6 Å². The number of carbonyl (C=O) groups excluding carboxylic acids is 2. The maximum Gasteiger partial charge on any atom is 0.245 e. The maximum atomic E-state index is 12.3. The summed E-state index contributed by atoms with van der Waals surface area (Å²) in [6.45, 7) is 10.8. The highest BCUT2D eigenvalue weighted by Gasteiger charge is 2.68. The van der Waals surface area contributed by atoms with Crippen molar-refractivity contribution in [3.8, 4) is 0 Å². The minimum absolute atomic E-state index is 0.0325. The van der Waals surface area contributed by atoms with Crippen LogP contribution in [0.5, 0.6) is 0 Å². The molecule has 1 aliphatic carbocycles. The number of nitrogens with one attached hydrogen (secondary N) is 1. The molecule has 4 heteroatoms. The summed E-state index contributed by atoms with van der Waals surface area (Å²) in [5, 5.41) is 2.75. The monoisotopic (exact) mass is 238 g/mol. The van der Waals surface area contributed by atoms with Crippen molar-refractivity contribution in [3.05, 3.63) is 0 Å². The first-order chi connectivity index (χ1) is 7.73. The van der Waals surface area contributed by atoms with Crippen molar-refractivity contribution in [3.63, 3.8) is 0 Å². The van der Waals surface area contributed by atoms with Crippen LogP contribution in [0, 0.1) is 10.8 Å². The fourth-order valence-corrected chi connectivity index (χ4v) is 3.17. The van der Waals surface area contributed by atoms with Gasteiger partial charge in [0.2, 0.25) is 11.8 Å². The Hall–Kier alpha value is -1.06. The van der Waals surface area contributed by atoms with Gasteiger partial charge in [-0.15, -0.1) is 0 Å². The van der Waals surface area contributed by atoms with Gasteiger partial charge in [-0.25, -0.2) is 0 Å². The highest BCUT2D eigenvalue weighted by molar-refractivity contribution is 5.95. The topological polar surface area (TPSA) is 49.4 Å². The fraction of sp³-hybridized carbons (Fsp3) is 0.846. The van der Waals surface area contributed by atoms with Gasteiger partial charge in [0, 0.05) is 6.04 Å². The van der Waals surface area contributed by atoms with E-state index in [4.69, 9.17) is 0 Å². The van der Waals surface area contributed by atoms with Gasteiger partial charge in [0.1, 0.15) is 6.04 Å². The van der Waals surface area contributed by atoms with Gasteiger partial charge in [-0.3, -0.25) is 9.59 Å². The molecule has 0 bridgehead atoms. The molecule has 0 aromatic rings. The molecule has 2 amide bonds. The number of amides is 2. The average molecular weight is 238 g/mol. The van der Waals surface area contributed by atoms with Gasteiger partial charge in [0.15, 0.2) is 0 Å². The van der Waals surface area contributed by atoms with Crippen LogP contribution in [0.2, 0.25) is 0 Å². The van der Waals surface area contributed by atoms with E-state index in [0.29, 0.717) is 6.42 Å².